The Morgan fingerprint density at radius 2 is 1.64 bits per heavy atom. The van der Waals surface area contributed by atoms with E-state index in [0.717, 1.165) is 18.4 Å². The first-order valence-corrected chi connectivity index (χ1v) is 9.30. The van der Waals surface area contributed by atoms with Crippen LogP contribution in [-0.4, -0.2) is 4.57 Å². The summed E-state index contributed by atoms with van der Waals surface area (Å²) in [7, 11) is 0. The molecule has 0 aliphatic carbocycles. The van der Waals surface area contributed by atoms with Crippen LogP contribution in [0.4, 0.5) is 4.39 Å². The SMILES string of the molecule is CCC(C)n1c(C(C)(C)CC)c(-c2ccc(F)cc2)c2ccccc21. The van der Waals surface area contributed by atoms with Gasteiger partial charge in [0.25, 0.3) is 0 Å². The number of fused-ring (bicyclic) bond motifs is 1. The highest BCUT2D eigenvalue weighted by molar-refractivity contribution is 5.98. The van der Waals surface area contributed by atoms with Crippen molar-refractivity contribution < 1.29 is 4.39 Å². The zero-order chi connectivity index (χ0) is 18.2. The first-order valence-electron chi connectivity index (χ1n) is 9.30. The molecule has 25 heavy (non-hydrogen) atoms. The normalized spacial score (nSPS) is 13.4. The van der Waals surface area contributed by atoms with Gasteiger partial charge in [0.1, 0.15) is 5.82 Å². The van der Waals surface area contributed by atoms with Gasteiger partial charge in [-0.2, -0.15) is 0 Å². The minimum Gasteiger partial charge on any atom is -0.341 e. The van der Waals surface area contributed by atoms with Crippen LogP contribution < -0.4 is 0 Å². The number of aromatic nitrogens is 1. The van der Waals surface area contributed by atoms with Gasteiger partial charge in [-0.1, -0.05) is 58.0 Å². The van der Waals surface area contributed by atoms with Gasteiger partial charge in [0.15, 0.2) is 0 Å². The van der Waals surface area contributed by atoms with E-state index >= 15 is 0 Å². The van der Waals surface area contributed by atoms with Gasteiger partial charge < -0.3 is 4.57 Å². The molecule has 0 bridgehead atoms. The Kier molecular flexibility index (Phi) is 4.73. The molecule has 0 radical (unpaired) electrons. The minimum absolute atomic E-state index is 0.0339. The standard InChI is InChI=1S/C23H28FN/c1-6-16(3)25-20-11-9-8-10-19(20)21(22(25)23(4,5)7-2)17-12-14-18(24)15-13-17/h8-16H,6-7H2,1-5H3. The smallest absolute Gasteiger partial charge is 0.123 e. The van der Waals surface area contributed by atoms with E-state index in [1.54, 1.807) is 12.1 Å². The molecule has 3 aromatic rings. The summed E-state index contributed by atoms with van der Waals surface area (Å²) in [6.45, 7) is 11.4. The third kappa shape index (κ3) is 2.99. The van der Waals surface area contributed by atoms with Gasteiger partial charge in [0.2, 0.25) is 0 Å². The van der Waals surface area contributed by atoms with E-state index in [2.05, 4.69) is 63.5 Å². The first-order chi connectivity index (χ1) is 11.9. The van der Waals surface area contributed by atoms with Gasteiger partial charge in [-0.05, 0) is 43.5 Å². The number of halogens is 1. The third-order valence-electron chi connectivity index (χ3n) is 5.60. The number of hydrogen-bond acceptors (Lipinski definition) is 0. The average Bonchev–Trinajstić information content (AvgIpc) is 2.98. The second kappa shape index (κ2) is 6.67. The van der Waals surface area contributed by atoms with Crippen molar-refractivity contribution in [2.24, 2.45) is 0 Å². The zero-order valence-corrected chi connectivity index (χ0v) is 15.9. The second-order valence-corrected chi connectivity index (χ2v) is 7.61. The monoisotopic (exact) mass is 337 g/mol. The molecule has 132 valence electrons. The van der Waals surface area contributed by atoms with Crippen molar-refractivity contribution in [2.75, 3.05) is 0 Å². The van der Waals surface area contributed by atoms with E-state index < -0.39 is 0 Å². The molecule has 1 unspecified atom stereocenters. The minimum atomic E-state index is -0.189. The third-order valence-corrected chi connectivity index (χ3v) is 5.60. The topological polar surface area (TPSA) is 4.93 Å². The van der Waals surface area contributed by atoms with Gasteiger partial charge in [-0.25, -0.2) is 4.39 Å². The number of hydrogen-bond donors (Lipinski definition) is 0. The highest BCUT2D eigenvalue weighted by atomic mass is 19.1. The predicted octanol–water partition coefficient (Wildman–Crippen LogP) is 7.11. The lowest BCUT2D eigenvalue weighted by molar-refractivity contribution is 0.431. The Morgan fingerprint density at radius 3 is 2.24 bits per heavy atom. The van der Waals surface area contributed by atoms with Crippen LogP contribution in [-0.2, 0) is 5.41 Å². The molecule has 2 aromatic carbocycles. The molecule has 0 fully saturated rings. The Bertz CT molecular complexity index is 871. The molecule has 1 heterocycles. The summed E-state index contributed by atoms with van der Waals surface area (Å²) in [5.74, 6) is -0.189. The van der Waals surface area contributed by atoms with E-state index in [0.29, 0.717) is 6.04 Å². The molecular formula is C23H28FN. The Hall–Kier alpha value is -2.09. The zero-order valence-electron chi connectivity index (χ0n) is 15.9. The van der Waals surface area contributed by atoms with Crippen molar-refractivity contribution in [3.05, 3.63) is 60.0 Å². The lowest BCUT2D eigenvalue weighted by atomic mass is 9.82. The van der Waals surface area contributed by atoms with Crippen LogP contribution in [0.2, 0.25) is 0 Å². The quantitative estimate of drug-likeness (QED) is 0.467. The lowest BCUT2D eigenvalue weighted by Crippen LogP contribution is -2.23. The van der Waals surface area contributed by atoms with Crippen LogP contribution in [0.3, 0.4) is 0 Å². The van der Waals surface area contributed by atoms with Crippen molar-refractivity contribution in [2.45, 2.75) is 58.9 Å². The van der Waals surface area contributed by atoms with Crippen molar-refractivity contribution in [1.29, 1.82) is 0 Å². The highest BCUT2D eigenvalue weighted by Gasteiger charge is 2.30. The fourth-order valence-electron chi connectivity index (χ4n) is 3.64. The first kappa shape index (κ1) is 17.7. The van der Waals surface area contributed by atoms with Gasteiger partial charge in [-0.15, -0.1) is 0 Å². The molecule has 2 heteroatoms. The molecule has 0 aliphatic rings. The summed E-state index contributed by atoms with van der Waals surface area (Å²) >= 11 is 0. The number of rotatable bonds is 5. The van der Waals surface area contributed by atoms with E-state index in [4.69, 9.17) is 0 Å². The lowest BCUT2D eigenvalue weighted by Gasteiger charge is -2.30. The molecule has 0 amide bonds. The van der Waals surface area contributed by atoms with Crippen LogP contribution in [0.15, 0.2) is 48.5 Å². The summed E-state index contributed by atoms with van der Waals surface area (Å²) in [5, 5.41) is 1.26. The largest absolute Gasteiger partial charge is 0.341 e. The van der Waals surface area contributed by atoms with E-state index in [-0.39, 0.29) is 11.2 Å². The molecule has 1 nitrogen and oxygen atoms in total. The highest BCUT2D eigenvalue weighted by Crippen LogP contribution is 2.44. The number of para-hydroxylation sites is 1. The van der Waals surface area contributed by atoms with Crippen LogP contribution in [0.25, 0.3) is 22.0 Å². The molecule has 0 saturated carbocycles. The predicted molar refractivity (Wildman–Crippen MR) is 106 cm³/mol. The molecule has 1 aromatic heterocycles. The van der Waals surface area contributed by atoms with Crippen LogP contribution in [0.5, 0.6) is 0 Å². The molecule has 0 spiro atoms. The summed E-state index contributed by atoms with van der Waals surface area (Å²) in [4.78, 5) is 0. The Morgan fingerprint density at radius 1 is 1.00 bits per heavy atom. The maximum atomic E-state index is 13.5. The Balaban J connectivity index is 2.45. The second-order valence-electron chi connectivity index (χ2n) is 7.61. The average molecular weight is 337 g/mol. The molecule has 0 saturated heterocycles. The van der Waals surface area contributed by atoms with E-state index in [1.165, 1.54) is 22.2 Å². The fraction of sp³-hybridized carbons (Fsp3) is 0.391. The van der Waals surface area contributed by atoms with Crippen molar-refractivity contribution in [3.8, 4) is 11.1 Å². The van der Waals surface area contributed by atoms with Crippen molar-refractivity contribution in [3.63, 3.8) is 0 Å². The van der Waals surface area contributed by atoms with E-state index in [9.17, 15) is 4.39 Å². The number of nitrogens with zero attached hydrogens (tertiary/aromatic N) is 1. The molecule has 0 N–H and O–H groups in total. The summed E-state index contributed by atoms with van der Waals surface area (Å²) in [6.07, 6.45) is 2.13. The number of benzene rings is 2. The molecular weight excluding hydrogens is 309 g/mol. The van der Waals surface area contributed by atoms with Crippen LogP contribution in [0, 0.1) is 5.82 Å². The maximum Gasteiger partial charge on any atom is 0.123 e. The summed E-state index contributed by atoms with van der Waals surface area (Å²) in [5.41, 5.74) is 5.01. The van der Waals surface area contributed by atoms with Crippen molar-refractivity contribution in [1.82, 2.24) is 4.57 Å². The molecule has 3 rings (SSSR count). The van der Waals surface area contributed by atoms with Gasteiger partial charge in [0, 0.05) is 33.6 Å². The van der Waals surface area contributed by atoms with E-state index in [1.807, 2.05) is 12.1 Å². The van der Waals surface area contributed by atoms with Gasteiger partial charge >= 0.3 is 0 Å². The van der Waals surface area contributed by atoms with Gasteiger partial charge in [0.05, 0.1) is 0 Å². The summed E-state index contributed by atoms with van der Waals surface area (Å²) in [6, 6.07) is 16.0. The summed E-state index contributed by atoms with van der Waals surface area (Å²) < 4.78 is 16.0. The van der Waals surface area contributed by atoms with Crippen molar-refractivity contribution >= 4 is 10.9 Å². The van der Waals surface area contributed by atoms with Crippen LogP contribution >= 0.6 is 0 Å². The fourth-order valence-corrected chi connectivity index (χ4v) is 3.64. The molecule has 0 aliphatic heterocycles. The van der Waals surface area contributed by atoms with Gasteiger partial charge in [-0.3, -0.25) is 0 Å². The van der Waals surface area contributed by atoms with Crippen LogP contribution in [0.1, 0.15) is 59.2 Å². The Labute approximate surface area is 150 Å². The maximum absolute atomic E-state index is 13.5. The molecule has 1 atom stereocenters.